The third kappa shape index (κ3) is 2.38. The number of fused-ring (bicyclic) bond motifs is 1. The van der Waals surface area contributed by atoms with Crippen molar-refractivity contribution in [2.45, 2.75) is 18.7 Å². The molecule has 1 N–H and O–H groups in total. The normalized spacial score (nSPS) is 23.1. The lowest BCUT2D eigenvalue weighted by molar-refractivity contribution is -0.217. The quantitative estimate of drug-likeness (QED) is 0.860. The molecule has 18 heavy (non-hydrogen) atoms. The number of halogens is 4. The lowest BCUT2D eigenvalue weighted by atomic mass is 9.90. The number of alkyl halides is 3. The summed E-state index contributed by atoms with van der Waals surface area (Å²) in [6.45, 7) is 0. The van der Waals surface area contributed by atoms with Gasteiger partial charge in [0.1, 0.15) is 11.7 Å². The smallest absolute Gasteiger partial charge is 0.426 e. The van der Waals surface area contributed by atoms with Crippen LogP contribution in [0.3, 0.4) is 0 Å². The number of rotatable bonds is 1. The van der Waals surface area contributed by atoms with E-state index >= 15 is 0 Å². The Morgan fingerprint density at radius 2 is 2.11 bits per heavy atom. The number of hydrogen-bond donors (Lipinski definition) is 1. The third-order valence-electron chi connectivity index (χ3n) is 2.72. The molecule has 2 rings (SSSR count). The number of carbonyl (C=O) groups is 1. The lowest BCUT2D eigenvalue weighted by Crippen LogP contribution is -2.47. The SMILES string of the molecule is O=C(O)C1Cc2cc(Cl)ccc2OC1C(F)(F)F. The van der Waals surface area contributed by atoms with E-state index in [1.54, 1.807) is 0 Å². The Balaban J connectivity index is 2.40. The molecular formula is C11H8ClF3O3. The minimum absolute atomic E-state index is 0.0271. The van der Waals surface area contributed by atoms with Gasteiger partial charge in [0.15, 0.2) is 0 Å². The van der Waals surface area contributed by atoms with Gasteiger partial charge in [-0.05, 0) is 30.2 Å². The van der Waals surface area contributed by atoms with Crippen molar-refractivity contribution in [2.75, 3.05) is 0 Å². The molecule has 0 aromatic heterocycles. The zero-order valence-corrected chi connectivity index (χ0v) is 9.63. The second kappa shape index (κ2) is 4.35. The summed E-state index contributed by atoms with van der Waals surface area (Å²) in [6, 6.07) is 4.13. The Bertz CT molecular complexity index is 487. The van der Waals surface area contributed by atoms with Gasteiger partial charge in [-0.2, -0.15) is 13.2 Å². The average molecular weight is 281 g/mol. The highest BCUT2D eigenvalue weighted by Gasteiger charge is 2.52. The highest BCUT2D eigenvalue weighted by atomic mass is 35.5. The molecule has 0 saturated carbocycles. The van der Waals surface area contributed by atoms with Crippen molar-refractivity contribution < 1.29 is 27.8 Å². The highest BCUT2D eigenvalue weighted by molar-refractivity contribution is 6.30. The lowest BCUT2D eigenvalue weighted by Gasteiger charge is -2.32. The molecular weight excluding hydrogens is 273 g/mol. The fourth-order valence-corrected chi connectivity index (χ4v) is 2.09. The van der Waals surface area contributed by atoms with Crippen molar-refractivity contribution in [3.63, 3.8) is 0 Å². The topological polar surface area (TPSA) is 46.5 Å². The summed E-state index contributed by atoms with van der Waals surface area (Å²) in [7, 11) is 0. The van der Waals surface area contributed by atoms with E-state index in [1.165, 1.54) is 18.2 Å². The first-order valence-corrected chi connectivity index (χ1v) is 5.41. The first kappa shape index (κ1) is 13.0. The van der Waals surface area contributed by atoms with Gasteiger partial charge < -0.3 is 9.84 Å². The average Bonchev–Trinajstić information content (AvgIpc) is 2.25. The monoisotopic (exact) mass is 280 g/mol. The standard InChI is InChI=1S/C11H8ClF3O3/c12-6-1-2-8-5(3-6)4-7(10(16)17)9(18-8)11(13,14)15/h1-3,7,9H,4H2,(H,16,17). The van der Waals surface area contributed by atoms with Crippen LogP contribution >= 0.6 is 11.6 Å². The predicted molar refractivity (Wildman–Crippen MR) is 56.8 cm³/mol. The van der Waals surface area contributed by atoms with Crippen molar-refractivity contribution in [1.82, 2.24) is 0 Å². The largest absolute Gasteiger partial charge is 0.481 e. The van der Waals surface area contributed by atoms with Crippen LogP contribution in [0.2, 0.25) is 5.02 Å². The molecule has 2 atom stereocenters. The zero-order chi connectivity index (χ0) is 13.5. The van der Waals surface area contributed by atoms with E-state index in [2.05, 4.69) is 0 Å². The van der Waals surface area contributed by atoms with Crippen LogP contribution < -0.4 is 4.74 Å². The first-order valence-electron chi connectivity index (χ1n) is 5.03. The summed E-state index contributed by atoms with van der Waals surface area (Å²) in [5, 5.41) is 9.18. The van der Waals surface area contributed by atoms with Crippen LogP contribution in [0.15, 0.2) is 18.2 Å². The van der Waals surface area contributed by atoms with Crippen LogP contribution in [0.5, 0.6) is 5.75 Å². The Morgan fingerprint density at radius 3 is 2.67 bits per heavy atom. The summed E-state index contributed by atoms with van der Waals surface area (Å²) in [5.74, 6) is -3.17. The number of carboxylic acids is 1. The maximum Gasteiger partial charge on any atom is 0.426 e. The Labute approximate surface area is 105 Å². The fourth-order valence-electron chi connectivity index (χ4n) is 1.90. The molecule has 3 nitrogen and oxygen atoms in total. The van der Waals surface area contributed by atoms with E-state index in [4.69, 9.17) is 21.4 Å². The van der Waals surface area contributed by atoms with Gasteiger partial charge in [0.05, 0.1) is 0 Å². The van der Waals surface area contributed by atoms with Crippen LogP contribution in [0.25, 0.3) is 0 Å². The van der Waals surface area contributed by atoms with Crippen molar-refractivity contribution in [3.8, 4) is 5.75 Å². The number of aliphatic carboxylic acids is 1. The molecule has 0 saturated heterocycles. The second-order valence-corrected chi connectivity index (χ2v) is 4.42. The van der Waals surface area contributed by atoms with Gasteiger partial charge in [0.2, 0.25) is 6.10 Å². The number of benzene rings is 1. The Kier molecular flexibility index (Phi) is 3.14. The van der Waals surface area contributed by atoms with Crippen LogP contribution in [-0.2, 0) is 11.2 Å². The molecule has 0 radical (unpaired) electrons. The number of carboxylic acid groups (broad SMARTS) is 1. The molecule has 0 fully saturated rings. The second-order valence-electron chi connectivity index (χ2n) is 3.98. The molecule has 1 aliphatic rings. The maximum atomic E-state index is 12.7. The van der Waals surface area contributed by atoms with Crippen molar-refractivity contribution >= 4 is 17.6 Å². The van der Waals surface area contributed by atoms with Crippen LogP contribution in [0.4, 0.5) is 13.2 Å². The van der Waals surface area contributed by atoms with Gasteiger partial charge in [0, 0.05) is 5.02 Å². The Morgan fingerprint density at radius 1 is 1.44 bits per heavy atom. The van der Waals surface area contributed by atoms with Crippen molar-refractivity contribution in [1.29, 1.82) is 0 Å². The molecule has 0 aliphatic carbocycles. The van der Waals surface area contributed by atoms with E-state index in [0.717, 1.165) is 0 Å². The highest BCUT2D eigenvalue weighted by Crippen LogP contribution is 2.39. The van der Waals surface area contributed by atoms with Crippen LogP contribution in [0, 0.1) is 5.92 Å². The Hall–Kier alpha value is -1.43. The van der Waals surface area contributed by atoms with Gasteiger partial charge in [-0.25, -0.2) is 0 Å². The van der Waals surface area contributed by atoms with Crippen LogP contribution in [0.1, 0.15) is 5.56 Å². The summed E-state index contributed by atoms with van der Waals surface area (Å²) in [4.78, 5) is 10.9. The van der Waals surface area contributed by atoms with E-state index in [9.17, 15) is 18.0 Å². The molecule has 98 valence electrons. The molecule has 0 amide bonds. The minimum atomic E-state index is -4.72. The van der Waals surface area contributed by atoms with Gasteiger partial charge in [0.25, 0.3) is 0 Å². The fraction of sp³-hybridized carbons (Fsp3) is 0.364. The molecule has 0 spiro atoms. The summed E-state index contributed by atoms with van der Waals surface area (Å²) >= 11 is 5.71. The molecule has 1 heterocycles. The molecule has 1 aromatic carbocycles. The third-order valence-corrected chi connectivity index (χ3v) is 2.96. The molecule has 2 unspecified atom stereocenters. The summed E-state index contributed by atoms with van der Waals surface area (Å²) in [6.07, 6.45) is -7.31. The van der Waals surface area contributed by atoms with Gasteiger partial charge in [-0.15, -0.1) is 0 Å². The van der Waals surface area contributed by atoms with Crippen molar-refractivity contribution in [2.24, 2.45) is 5.92 Å². The minimum Gasteiger partial charge on any atom is -0.481 e. The zero-order valence-electron chi connectivity index (χ0n) is 8.87. The van der Waals surface area contributed by atoms with E-state index in [0.29, 0.717) is 10.6 Å². The summed E-state index contributed by atoms with van der Waals surface area (Å²) in [5.41, 5.74) is 0.371. The van der Waals surface area contributed by atoms with E-state index in [1.807, 2.05) is 0 Å². The maximum absolute atomic E-state index is 12.7. The van der Waals surface area contributed by atoms with Gasteiger partial charge >= 0.3 is 12.1 Å². The van der Waals surface area contributed by atoms with Crippen molar-refractivity contribution in [3.05, 3.63) is 28.8 Å². The number of hydrogen-bond acceptors (Lipinski definition) is 2. The predicted octanol–water partition coefficient (Wildman–Crippen LogP) is 2.91. The molecule has 1 aromatic rings. The molecule has 0 bridgehead atoms. The van der Waals surface area contributed by atoms with E-state index in [-0.39, 0.29) is 12.2 Å². The van der Waals surface area contributed by atoms with E-state index < -0.39 is 24.2 Å². The van der Waals surface area contributed by atoms with Gasteiger partial charge in [-0.1, -0.05) is 11.6 Å². The summed E-state index contributed by atoms with van der Waals surface area (Å²) < 4.78 is 42.9. The molecule has 1 aliphatic heterocycles. The van der Waals surface area contributed by atoms with Crippen LogP contribution in [-0.4, -0.2) is 23.4 Å². The van der Waals surface area contributed by atoms with Gasteiger partial charge in [-0.3, -0.25) is 4.79 Å². The number of ether oxygens (including phenoxy) is 1. The molecule has 7 heteroatoms. The first-order chi connectivity index (χ1) is 8.29.